The summed E-state index contributed by atoms with van der Waals surface area (Å²) in [5.74, 6) is -1.09. The number of carboxylic acids is 1. The molecule has 19 heavy (non-hydrogen) atoms. The van der Waals surface area contributed by atoms with Gasteiger partial charge in [-0.15, -0.1) is 0 Å². The standard InChI is InChI=1S/C13H22N2O4/c1-3-7(2)11(12(16)17)15-13(18)14-9-6-8-4-5-10(9)19-8/h7-11H,3-6H2,1-2H3,(H,16,17)(H2,14,15,18)/t7-,8?,9?,10?,11-/m0/s1. The van der Waals surface area contributed by atoms with Crippen LogP contribution in [0.4, 0.5) is 4.79 Å². The summed E-state index contributed by atoms with van der Waals surface area (Å²) in [5.41, 5.74) is 0. The number of fused-ring (bicyclic) bond motifs is 2. The molecule has 0 saturated carbocycles. The van der Waals surface area contributed by atoms with Gasteiger partial charge in [0.05, 0.1) is 18.2 Å². The third-order valence-electron chi connectivity index (χ3n) is 4.19. The van der Waals surface area contributed by atoms with Gasteiger partial charge in [0.1, 0.15) is 6.04 Å². The quantitative estimate of drug-likeness (QED) is 0.698. The van der Waals surface area contributed by atoms with Crippen LogP contribution in [0.2, 0.25) is 0 Å². The normalized spacial score (nSPS) is 31.8. The van der Waals surface area contributed by atoms with E-state index in [0.717, 1.165) is 19.3 Å². The smallest absolute Gasteiger partial charge is 0.326 e. The molecule has 0 aromatic carbocycles. The van der Waals surface area contributed by atoms with Gasteiger partial charge < -0.3 is 20.5 Å². The Bertz CT molecular complexity index is 361. The fourth-order valence-corrected chi connectivity index (χ4v) is 2.82. The first kappa shape index (κ1) is 14.1. The topological polar surface area (TPSA) is 87.7 Å². The minimum Gasteiger partial charge on any atom is -0.480 e. The van der Waals surface area contributed by atoms with Crippen molar-refractivity contribution in [3.8, 4) is 0 Å². The Hall–Kier alpha value is -1.30. The molecule has 0 spiro atoms. The fraction of sp³-hybridized carbons (Fsp3) is 0.846. The Balaban J connectivity index is 1.84. The second-order valence-electron chi connectivity index (χ2n) is 5.54. The number of aliphatic carboxylic acids is 1. The molecular formula is C13H22N2O4. The number of hydrogen-bond acceptors (Lipinski definition) is 3. The molecule has 2 saturated heterocycles. The molecular weight excluding hydrogens is 248 g/mol. The molecule has 0 radical (unpaired) electrons. The van der Waals surface area contributed by atoms with Gasteiger partial charge in [0.2, 0.25) is 0 Å². The molecule has 0 aromatic heterocycles. The van der Waals surface area contributed by atoms with Crippen LogP contribution in [0.1, 0.15) is 39.5 Å². The van der Waals surface area contributed by atoms with E-state index < -0.39 is 18.0 Å². The molecule has 6 nitrogen and oxygen atoms in total. The van der Waals surface area contributed by atoms with Crippen molar-refractivity contribution in [3.63, 3.8) is 0 Å². The summed E-state index contributed by atoms with van der Waals surface area (Å²) >= 11 is 0. The van der Waals surface area contributed by atoms with Crippen molar-refractivity contribution in [2.45, 2.75) is 63.8 Å². The van der Waals surface area contributed by atoms with Gasteiger partial charge in [0.25, 0.3) is 0 Å². The lowest BCUT2D eigenvalue weighted by Crippen LogP contribution is -2.53. The Kier molecular flexibility index (Phi) is 4.29. The maximum atomic E-state index is 11.9. The summed E-state index contributed by atoms with van der Waals surface area (Å²) in [6.45, 7) is 3.73. The summed E-state index contributed by atoms with van der Waals surface area (Å²) < 4.78 is 5.65. The first-order chi connectivity index (χ1) is 9.01. The van der Waals surface area contributed by atoms with Crippen molar-refractivity contribution >= 4 is 12.0 Å². The molecule has 0 aromatic rings. The van der Waals surface area contributed by atoms with Gasteiger partial charge in [-0.1, -0.05) is 20.3 Å². The van der Waals surface area contributed by atoms with Gasteiger partial charge in [-0.05, 0) is 25.2 Å². The summed E-state index contributed by atoms with van der Waals surface area (Å²) in [6.07, 6.45) is 3.94. The first-order valence-electron chi connectivity index (χ1n) is 6.96. The highest BCUT2D eigenvalue weighted by Crippen LogP contribution is 2.34. The third-order valence-corrected chi connectivity index (χ3v) is 4.19. The molecule has 3 N–H and O–H groups in total. The summed E-state index contributed by atoms with van der Waals surface area (Å²) in [4.78, 5) is 23.0. The van der Waals surface area contributed by atoms with Gasteiger partial charge in [0.15, 0.2) is 0 Å². The number of urea groups is 1. The Morgan fingerprint density at radius 1 is 1.42 bits per heavy atom. The van der Waals surface area contributed by atoms with Crippen LogP contribution in [0, 0.1) is 5.92 Å². The fourth-order valence-electron chi connectivity index (χ4n) is 2.82. The van der Waals surface area contributed by atoms with Crippen LogP contribution in [0.3, 0.4) is 0 Å². The zero-order valence-corrected chi connectivity index (χ0v) is 11.4. The van der Waals surface area contributed by atoms with Crippen molar-refractivity contribution in [3.05, 3.63) is 0 Å². The third kappa shape index (κ3) is 3.18. The molecule has 3 unspecified atom stereocenters. The minimum atomic E-state index is -0.992. The molecule has 2 heterocycles. The monoisotopic (exact) mass is 270 g/mol. The molecule has 2 rings (SSSR count). The predicted octanol–water partition coefficient (Wildman–Crippen LogP) is 1.10. The number of carboxylic acid groups (broad SMARTS) is 1. The SMILES string of the molecule is CC[C@H](C)[C@H](NC(=O)NC1CC2CCC1O2)C(=O)O. The highest BCUT2D eigenvalue weighted by molar-refractivity contribution is 5.82. The number of rotatable bonds is 5. The van der Waals surface area contributed by atoms with Crippen molar-refractivity contribution in [2.24, 2.45) is 5.92 Å². The number of carbonyl (C=O) groups is 2. The highest BCUT2D eigenvalue weighted by atomic mass is 16.5. The van der Waals surface area contributed by atoms with Crippen molar-refractivity contribution in [1.29, 1.82) is 0 Å². The van der Waals surface area contributed by atoms with Crippen LogP contribution < -0.4 is 10.6 Å². The van der Waals surface area contributed by atoms with Crippen LogP contribution >= 0.6 is 0 Å². The van der Waals surface area contributed by atoms with E-state index in [1.807, 2.05) is 13.8 Å². The lowest BCUT2D eigenvalue weighted by molar-refractivity contribution is -0.140. The maximum absolute atomic E-state index is 11.9. The molecule has 2 amide bonds. The van der Waals surface area contributed by atoms with Crippen LogP contribution in [-0.2, 0) is 9.53 Å². The summed E-state index contributed by atoms with van der Waals surface area (Å²) in [5, 5.41) is 14.5. The average Bonchev–Trinajstić information content (AvgIpc) is 2.96. The molecule has 2 fully saturated rings. The number of carbonyl (C=O) groups excluding carboxylic acids is 1. The Morgan fingerprint density at radius 3 is 2.63 bits per heavy atom. The van der Waals surface area contributed by atoms with Gasteiger partial charge in [-0.25, -0.2) is 9.59 Å². The van der Waals surface area contributed by atoms with E-state index in [2.05, 4.69) is 10.6 Å². The Labute approximate surface area is 112 Å². The molecule has 108 valence electrons. The van der Waals surface area contributed by atoms with Crippen LogP contribution in [0.15, 0.2) is 0 Å². The second kappa shape index (κ2) is 5.77. The van der Waals surface area contributed by atoms with Crippen LogP contribution in [0.25, 0.3) is 0 Å². The number of nitrogens with one attached hydrogen (secondary N) is 2. The predicted molar refractivity (Wildman–Crippen MR) is 68.8 cm³/mol. The molecule has 2 bridgehead atoms. The average molecular weight is 270 g/mol. The lowest BCUT2D eigenvalue weighted by atomic mass is 9.95. The number of amides is 2. The van der Waals surface area contributed by atoms with Crippen molar-refractivity contribution in [2.75, 3.05) is 0 Å². The van der Waals surface area contributed by atoms with E-state index in [0.29, 0.717) is 6.42 Å². The van der Waals surface area contributed by atoms with Crippen molar-refractivity contribution in [1.82, 2.24) is 10.6 Å². The van der Waals surface area contributed by atoms with Crippen LogP contribution in [-0.4, -0.2) is 41.4 Å². The number of hydrogen-bond donors (Lipinski definition) is 3. The van der Waals surface area contributed by atoms with Crippen LogP contribution in [0.5, 0.6) is 0 Å². The van der Waals surface area contributed by atoms with E-state index in [1.165, 1.54) is 0 Å². The molecule has 6 heteroatoms. The second-order valence-corrected chi connectivity index (χ2v) is 5.54. The molecule has 5 atom stereocenters. The van der Waals surface area contributed by atoms with Gasteiger partial charge in [-0.2, -0.15) is 0 Å². The molecule has 2 aliphatic heterocycles. The molecule has 2 aliphatic rings. The van der Waals surface area contributed by atoms with Gasteiger partial charge in [0, 0.05) is 0 Å². The van der Waals surface area contributed by atoms with Gasteiger partial charge in [-0.3, -0.25) is 0 Å². The highest BCUT2D eigenvalue weighted by Gasteiger charge is 2.41. The zero-order chi connectivity index (χ0) is 14.0. The Morgan fingerprint density at radius 2 is 2.16 bits per heavy atom. The minimum absolute atomic E-state index is 0.0186. The number of ether oxygens (including phenoxy) is 1. The summed E-state index contributed by atoms with van der Waals surface area (Å²) in [6, 6.07) is -1.23. The zero-order valence-electron chi connectivity index (χ0n) is 11.4. The van der Waals surface area contributed by atoms with Crippen molar-refractivity contribution < 1.29 is 19.4 Å². The summed E-state index contributed by atoms with van der Waals surface area (Å²) in [7, 11) is 0. The van der Waals surface area contributed by atoms with E-state index in [-0.39, 0.29) is 24.2 Å². The van der Waals surface area contributed by atoms with Gasteiger partial charge >= 0.3 is 12.0 Å². The first-order valence-corrected chi connectivity index (χ1v) is 6.96. The van der Waals surface area contributed by atoms with E-state index >= 15 is 0 Å². The largest absolute Gasteiger partial charge is 0.480 e. The van der Waals surface area contributed by atoms with E-state index in [9.17, 15) is 9.59 Å². The van der Waals surface area contributed by atoms with E-state index in [1.54, 1.807) is 0 Å². The maximum Gasteiger partial charge on any atom is 0.326 e. The van der Waals surface area contributed by atoms with E-state index in [4.69, 9.17) is 9.84 Å². The lowest BCUT2D eigenvalue weighted by Gasteiger charge is -2.24. The molecule has 0 aliphatic carbocycles.